The highest BCUT2D eigenvalue weighted by Crippen LogP contribution is 2.14. The number of hydrogen-bond acceptors (Lipinski definition) is 6. The number of nitrogens with two attached hydrogens (primary N) is 2. The predicted molar refractivity (Wildman–Crippen MR) is 75.3 cm³/mol. The highest BCUT2D eigenvalue weighted by atomic mass is 32.1. The van der Waals surface area contributed by atoms with Crippen molar-refractivity contribution < 1.29 is 14.7 Å². The van der Waals surface area contributed by atoms with Crippen LogP contribution in [0.5, 0.6) is 0 Å². The standard InChI is InChI=1S/C6H13N.C4H3NOS.C2H5NO2/c7-6-4-2-1-3-5-6;6-3-4-5-1-2-7-4;3-1-2(4)5/h6H,1-5,7H2;1-3H;1,3H2,(H,4,5). The lowest BCUT2D eigenvalue weighted by atomic mass is 9.97. The smallest absolute Gasteiger partial charge is 0.317 e. The molecule has 6 nitrogen and oxygen atoms in total. The molecule has 7 heteroatoms. The molecule has 0 spiro atoms. The van der Waals surface area contributed by atoms with Gasteiger partial charge in [0.1, 0.15) is 0 Å². The number of carbonyl (C=O) groups excluding carboxylic acids is 1. The quantitative estimate of drug-likeness (QED) is 0.704. The Kier molecular flexibility index (Phi) is 11.0. The number of aromatic nitrogens is 1. The Morgan fingerprint density at radius 2 is 2.05 bits per heavy atom. The van der Waals surface area contributed by atoms with Crippen molar-refractivity contribution in [2.45, 2.75) is 38.1 Å². The molecule has 1 aromatic heterocycles. The van der Waals surface area contributed by atoms with E-state index in [1.165, 1.54) is 43.4 Å². The molecule has 0 atom stereocenters. The molecule has 5 N–H and O–H groups in total. The molecular weight excluding hydrogens is 266 g/mol. The number of aliphatic carboxylic acids is 1. The van der Waals surface area contributed by atoms with Gasteiger partial charge >= 0.3 is 5.97 Å². The van der Waals surface area contributed by atoms with Crippen LogP contribution in [0.4, 0.5) is 0 Å². The van der Waals surface area contributed by atoms with Crippen molar-refractivity contribution in [2.75, 3.05) is 6.54 Å². The highest BCUT2D eigenvalue weighted by Gasteiger charge is 2.06. The maximum absolute atomic E-state index is 9.82. The number of hydrogen-bond donors (Lipinski definition) is 3. The molecule has 1 aromatic rings. The van der Waals surface area contributed by atoms with Crippen LogP contribution in [0.15, 0.2) is 11.6 Å². The van der Waals surface area contributed by atoms with Crippen molar-refractivity contribution in [2.24, 2.45) is 11.5 Å². The molecule has 0 radical (unpaired) electrons. The summed E-state index contributed by atoms with van der Waals surface area (Å²) in [6.45, 7) is -0.278. The zero-order valence-electron chi connectivity index (χ0n) is 10.8. The Labute approximate surface area is 116 Å². The topological polar surface area (TPSA) is 119 Å². The molecule has 0 unspecified atom stereocenters. The molecule has 19 heavy (non-hydrogen) atoms. The Morgan fingerprint density at radius 1 is 1.47 bits per heavy atom. The average molecular weight is 287 g/mol. The van der Waals surface area contributed by atoms with E-state index in [0.717, 1.165) is 6.29 Å². The van der Waals surface area contributed by atoms with Crippen LogP contribution >= 0.6 is 11.3 Å². The third-order valence-corrected chi connectivity index (χ3v) is 3.08. The van der Waals surface area contributed by atoms with E-state index < -0.39 is 5.97 Å². The SMILES string of the molecule is NC1CCCCC1.NCC(=O)O.O=Cc1nccs1. The second-order valence-electron chi connectivity index (χ2n) is 3.98. The minimum Gasteiger partial charge on any atom is -0.480 e. The fraction of sp³-hybridized carbons (Fsp3) is 0.583. The number of nitrogens with zero attached hydrogens (tertiary/aromatic N) is 1. The molecule has 1 saturated carbocycles. The van der Waals surface area contributed by atoms with Gasteiger partial charge in [-0.05, 0) is 12.8 Å². The summed E-state index contributed by atoms with van der Waals surface area (Å²) < 4.78 is 0. The highest BCUT2D eigenvalue weighted by molar-refractivity contribution is 7.11. The Balaban J connectivity index is 0.000000261. The van der Waals surface area contributed by atoms with Gasteiger partial charge in [0.05, 0.1) is 6.54 Å². The Morgan fingerprint density at radius 3 is 2.26 bits per heavy atom. The molecule has 0 aliphatic heterocycles. The lowest BCUT2D eigenvalue weighted by Gasteiger charge is -2.15. The summed E-state index contributed by atoms with van der Waals surface area (Å²) in [6.07, 6.45) is 9.01. The fourth-order valence-corrected chi connectivity index (χ4v) is 1.87. The first kappa shape index (κ1) is 17.7. The van der Waals surface area contributed by atoms with Gasteiger partial charge < -0.3 is 16.6 Å². The van der Waals surface area contributed by atoms with Crippen molar-refractivity contribution >= 4 is 23.6 Å². The third-order valence-electron chi connectivity index (χ3n) is 2.38. The van der Waals surface area contributed by atoms with Crippen molar-refractivity contribution in [3.63, 3.8) is 0 Å². The monoisotopic (exact) mass is 287 g/mol. The van der Waals surface area contributed by atoms with E-state index >= 15 is 0 Å². The van der Waals surface area contributed by atoms with Crippen LogP contribution < -0.4 is 11.5 Å². The van der Waals surface area contributed by atoms with E-state index in [1.807, 2.05) is 0 Å². The number of carboxylic acids is 1. The lowest BCUT2D eigenvalue weighted by molar-refractivity contribution is -0.135. The van der Waals surface area contributed by atoms with Crippen molar-refractivity contribution in [1.29, 1.82) is 0 Å². The van der Waals surface area contributed by atoms with Crippen molar-refractivity contribution in [3.8, 4) is 0 Å². The fourth-order valence-electron chi connectivity index (χ4n) is 1.43. The minimum atomic E-state index is -0.968. The summed E-state index contributed by atoms with van der Waals surface area (Å²) >= 11 is 1.34. The largest absolute Gasteiger partial charge is 0.480 e. The minimum absolute atomic E-state index is 0.278. The van der Waals surface area contributed by atoms with Gasteiger partial charge in [-0.15, -0.1) is 11.3 Å². The van der Waals surface area contributed by atoms with Gasteiger partial charge in [0.25, 0.3) is 0 Å². The maximum atomic E-state index is 9.82. The van der Waals surface area contributed by atoms with E-state index in [1.54, 1.807) is 11.6 Å². The van der Waals surface area contributed by atoms with E-state index in [9.17, 15) is 9.59 Å². The van der Waals surface area contributed by atoms with Crippen LogP contribution in [0, 0.1) is 0 Å². The van der Waals surface area contributed by atoms with Crippen LogP contribution in [-0.2, 0) is 4.79 Å². The number of aldehydes is 1. The Hall–Kier alpha value is -1.31. The van der Waals surface area contributed by atoms with Crippen molar-refractivity contribution in [1.82, 2.24) is 4.98 Å². The molecule has 1 heterocycles. The van der Waals surface area contributed by atoms with E-state index in [4.69, 9.17) is 10.8 Å². The van der Waals surface area contributed by atoms with Crippen LogP contribution in [-0.4, -0.2) is 34.9 Å². The number of carboxylic acid groups (broad SMARTS) is 1. The van der Waals surface area contributed by atoms with Crippen LogP contribution in [0.25, 0.3) is 0 Å². The zero-order valence-corrected chi connectivity index (χ0v) is 11.6. The molecule has 0 amide bonds. The first-order valence-electron chi connectivity index (χ1n) is 6.12. The van der Waals surface area contributed by atoms with Crippen LogP contribution in [0.1, 0.15) is 41.9 Å². The van der Waals surface area contributed by atoms with Gasteiger partial charge in [0.2, 0.25) is 0 Å². The molecule has 0 bridgehead atoms. The summed E-state index contributed by atoms with van der Waals surface area (Å²) in [6, 6.07) is 0.536. The second kappa shape index (κ2) is 11.8. The summed E-state index contributed by atoms with van der Waals surface area (Å²) in [4.78, 5) is 22.7. The van der Waals surface area contributed by atoms with Crippen LogP contribution in [0.3, 0.4) is 0 Å². The van der Waals surface area contributed by atoms with Crippen molar-refractivity contribution in [3.05, 3.63) is 16.6 Å². The predicted octanol–water partition coefficient (Wildman–Crippen LogP) is 1.26. The first-order valence-corrected chi connectivity index (χ1v) is 7.00. The Bertz CT molecular complexity index is 338. The van der Waals surface area contributed by atoms with Gasteiger partial charge in [-0.3, -0.25) is 9.59 Å². The summed E-state index contributed by atoms with van der Waals surface area (Å²) in [7, 11) is 0. The molecule has 2 rings (SSSR count). The first-order chi connectivity index (χ1) is 9.10. The molecular formula is C12H21N3O3S. The van der Waals surface area contributed by atoms with Gasteiger partial charge in [0.15, 0.2) is 11.3 Å². The van der Waals surface area contributed by atoms with Gasteiger partial charge in [-0.2, -0.15) is 0 Å². The number of rotatable bonds is 2. The van der Waals surface area contributed by atoms with Gasteiger partial charge in [-0.25, -0.2) is 4.98 Å². The normalized spacial score (nSPS) is 14.4. The van der Waals surface area contributed by atoms with Gasteiger partial charge in [-0.1, -0.05) is 19.3 Å². The molecule has 108 valence electrons. The molecule has 0 aromatic carbocycles. The number of thiazole rings is 1. The van der Waals surface area contributed by atoms with E-state index in [-0.39, 0.29) is 6.54 Å². The summed E-state index contributed by atoms with van der Waals surface area (Å²) in [5.74, 6) is -0.968. The van der Waals surface area contributed by atoms with E-state index in [0.29, 0.717) is 11.0 Å². The van der Waals surface area contributed by atoms with Gasteiger partial charge in [0, 0.05) is 17.6 Å². The molecule has 1 aliphatic carbocycles. The lowest BCUT2D eigenvalue weighted by Crippen LogP contribution is -2.22. The maximum Gasteiger partial charge on any atom is 0.317 e. The summed E-state index contributed by atoms with van der Waals surface area (Å²) in [5, 5.41) is 9.91. The molecule has 1 fully saturated rings. The zero-order chi connectivity index (χ0) is 14.5. The average Bonchev–Trinajstić information content (AvgIpc) is 2.94. The van der Waals surface area contributed by atoms with Crippen LogP contribution in [0.2, 0.25) is 0 Å². The molecule has 1 aliphatic rings. The second-order valence-corrected chi connectivity index (χ2v) is 4.91. The number of carbonyl (C=O) groups is 2. The third kappa shape index (κ3) is 11.5. The summed E-state index contributed by atoms with van der Waals surface area (Å²) in [5.41, 5.74) is 10.2. The molecule has 0 saturated heterocycles. The van der Waals surface area contributed by atoms with E-state index in [2.05, 4.69) is 10.7 Å².